The van der Waals surface area contributed by atoms with E-state index in [1.54, 1.807) is 30.3 Å². The van der Waals surface area contributed by atoms with E-state index in [1.807, 2.05) is 0 Å². The number of carbonyl (C=O) groups is 2. The predicted molar refractivity (Wildman–Crippen MR) is 112 cm³/mol. The number of aliphatic carboxylic acids is 1. The monoisotopic (exact) mass is 455 g/mol. The molecule has 3 rings (SSSR count). The number of carboxylic acid groups (broad SMARTS) is 1. The predicted octanol–water partition coefficient (Wildman–Crippen LogP) is 2.61. The zero-order valence-corrected chi connectivity index (χ0v) is 16.9. The molecule has 0 fully saturated rings. The van der Waals surface area contributed by atoms with Crippen LogP contribution in [0.25, 0.3) is 5.69 Å². The largest absolute Gasteiger partial charge is 0.480 e. The van der Waals surface area contributed by atoms with E-state index < -0.39 is 39.3 Å². The number of imidazole rings is 1. The average Bonchev–Trinajstić information content (AvgIpc) is 3.25. The highest BCUT2D eigenvalue weighted by Crippen LogP contribution is 2.28. The molecule has 0 unspecified atom stereocenters. The van der Waals surface area contributed by atoms with Gasteiger partial charge in [0.05, 0.1) is 27.9 Å². The summed E-state index contributed by atoms with van der Waals surface area (Å²) in [6, 6.07) is 10.6. The molecular weight excluding hydrogens is 438 g/mol. The van der Waals surface area contributed by atoms with E-state index in [-0.39, 0.29) is 24.4 Å². The summed E-state index contributed by atoms with van der Waals surface area (Å²) in [6.45, 7) is -0.0442. The fourth-order valence-corrected chi connectivity index (χ4v) is 2.91. The maximum absolute atomic E-state index is 12.0. The second-order valence-corrected chi connectivity index (χ2v) is 6.76. The van der Waals surface area contributed by atoms with E-state index in [0.29, 0.717) is 0 Å². The van der Waals surface area contributed by atoms with Gasteiger partial charge in [-0.2, -0.15) is 0 Å². The molecule has 0 aliphatic carbocycles. The van der Waals surface area contributed by atoms with Crippen molar-refractivity contribution in [3.8, 4) is 5.69 Å². The molecule has 0 saturated carbocycles. The van der Waals surface area contributed by atoms with Crippen LogP contribution in [0.3, 0.4) is 0 Å². The van der Waals surface area contributed by atoms with Crippen LogP contribution in [0, 0.1) is 20.2 Å². The van der Waals surface area contributed by atoms with E-state index in [0.717, 1.165) is 17.7 Å². The van der Waals surface area contributed by atoms with Gasteiger partial charge in [-0.3, -0.25) is 24.8 Å². The Morgan fingerprint density at radius 3 is 2.48 bits per heavy atom. The maximum Gasteiger partial charge on any atom is 0.408 e. The van der Waals surface area contributed by atoms with Crippen LogP contribution >= 0.6 is 0 Å². The van der Waals surface area contributed by atoms with Crippen LogP contribution in [0.2, 0.25) is 0 Å². The molecule has 170 valence electrons. The SMILES string of the molecule is O=C(N[C@H](Cc1cn(-c2ccc([N+](=O)[O-])cc2[N+](=O)[O-])cn1)C(=O)O)OCc1ccccc1. The number of non-ortho nitro benzene ring substituents is 1. The summed E-state index contributed by atoms with van der Waals surface area (Å²) in [5.74, 6) is -1.33. The van der Waals surface area contributed by atoms with Gasteiger partial charge >= 0.3 is 12.1 Å². The van der Waals surface area contributed by atoms with Gasteiger partial charge in [0.25, 0.3) is 11.4 Å². The molecule has 1 heterocycles. The Morgan fingerprint density at radius 2 is 1.85 bits per heavy atom. The first-order chi connectivity index (χ1) is 15.7. The van der Waals surface area contributed by atoms with Crippen LogP contribution in [0.15, 0.2) is 61.1 Å². The number of amides is 1. The summed E-state index contributed by atoms with van der Waals surface area (Å²) in [6.07, 6.45) is 1.37. The molecule has 1 aromatic heterocycles. The van der Waals surface area contributed by atoms with Crippen molar-refractivity contribution in [2.24, 2.45) is 0 Å². The van der Waals surface area contributed by atoms with Gasteiger partial charge < -0.3 is 15.2 Å². The average molecular weight is 455 g/mol. The molecule has 0 saturated heterocycles. The topological polar surface area (TPSA) is 180 Å². The van der Waals surface area contributed by atoms with Gasteiger partial charge in [0, 0.05) is 18.7 Å². The smallest absolute Gasteiger partial charge is 0.408 e. The summed E-state index contributed by atoms with van der Waals surface area (Å²) in [7, 11) is 0. The number of hydrogen-bond acceptors (Lipinski definition) is 8. The molecule has 0 radical (unpaired) electrons. The van der Waals surface area contributed by atoms with Gasteiger partial charge in [-0.1, -0.05) is 30.3 Å². The van der Waals surface area contributed by atoms with Crippen molar-refractivity contribution in [3.63, 3.8) is 0 Å². The number of aromatic nitrogens is 2. The summed E-state index contributed by atoms with van der Waals surface area (Å²) in [4.78, 5) is 48.3. The van der Waals surface area contributed by atoms with Crippen LogP contribution in [-0.4, -0.2) is 42.6 Å². The minimum Gasteiger partial charge on any atom is -0.480 e. The Labute approximate surface area is 185 Å². The van der Waals surface area contributed by atoms with E-state index >= 15 is 0 Å². The van der Waals surface area contributed by atoms with Gasteiger partial charge in [-0.05, 0) is 11.6 Å². The Hall–Kier alpha value is -4.81. The number of ether oxygens (including phenoxy) is 1. The molecule has 0 aliphatic rings. The first-order valence-electron chi connectivity index (χ1n) is 9.40. The molecule has 3 aromatic rings. The van der Waals surface area contributed by atoms with E-state index in [4.69, 9.17) is 4.74 Å². The summed E-state index contributed by atoms with van der Waals surface area (Å²) in [5, 5.41) is 33.9. The minimum absolute atomic E-state index is 0.00598. The fraction of sp³-hybridized carbons (Fsp3) is 0.150. The van der Waals surface area contributed by atoms with E-state index in [2.05, 4.69) is 10.3 Å². The van der Waals surface area contributed by atoms with Gasteiger partial charge in [0.2, 0.25) is 0 Å². The lowest BCUT2D eigenvalue weighted by Gasteiger charge is -2.13. The van der Waals surface area contributed by atoms with Crippen LogP contribution in [0.1, 0.15) is 11.3 Å². The van der Waals surface area contributed by atoms with Gasteiger partial charge in [0.1, 0.15) is 18.3 Å². The number of hydrogen-bond donors (Lipinski definition) is 2. The molecule has 2 aromatic carbocycles. The molecule has 0 bridgehead atoms. The van der Waals surface area contributed by atoms with Gasteiger partial charge in [-0.25, -0.2) is 14.6 Å². The molecule has 33 heavy (non-hydrogen) atoms. The molecule has 0 spiro atoms. The van der Waals surface area contributed by atoms with Crippen molar-refractivity contribution in [1.29, 1.82) is 0 Å². The third-order valence-corrected chi connectivity index (χ3v) is 4.50. The van der Waals surface area contributed by atoms with Crippen molar-refractivity contribution >= 4 is 23.4 Å². The molecule has 0 aliphatic heterocycles. The number of nitro groups is 2. The molecular formula is C20H17N5O8. The highest BCUT2D eigenvalue weighted by Gasteiger charge is 2.24. The number of alkyl carbamates (subject to hydrolysis) is 1. The Morgan fingerprint density at radius 1 is 1.12 bits per heavy atom. The second-order valence-electron chi connectivity index (χ2n) is 6.76. The van der Waals surface area contributed by atoms with Crippen molar-refractivity contribution < 1.29 is 29.3 Å². The third kappa shape index (κ3) is 5.88. The Balaban J connectivity index is 1.71. The number of rotatable bonds is 9. The molecule has 13 heteroatoms. The molecule has 13 nitrogen and oxygen atoms in total. The van der Waals surface area contributed by atoms with Crippen molar-refractivity contribution in [3.05, 3.63) is 92.5 Å². The fourth-order valence-electron chi connectivity index (χ4n) is 2.91. The Bertz CT molecular complexity index is 1190. The first-order valence-corrected chi connectivity index (χ1v) is 9.40. The second kappa shape index (κ2) is 10.00. The zero-order valence-electron chi connectivity index (χ0n) is 16.9. The lowest BCUT2D eigenvalue weighted by Crippen LogP contribution is -2.42. The Kier molecular flexibility index (Phi) is 6.93. The van der Waals surface area contributed by atoms with E-state index in [9.17, 15) is 34.9 Å². The maximum atomic E-state index is 12.0. The lowest BCUT2D eigenvalue weighted by molar-refractivity contribution is -0.394. The number of nitrogens with zero attached hydrogens (tertiary/aromatic N) is 4. The highest BCUT2D eigenvalue weighted by atomic mass is 16.6. The number of benzene rings is 2. The number of carbonyl (C=O) groups excluding carboxylic acids is 1. The summed E-state index contributed by atoms with van der Waals surface area (Å²) >= 11 is 0. The van der Waals surface area contributed by atoms with Crippen molar-refractivity contribution in [2.75, 3.05) is 0 Å². The normalized spacial score (nSPS) is 11.4. The van der Waals surface area contributed by atoms with E-state index in [1.165, 1.54) is 23.2 Å². The van der Waals surface area contributed by atoms with Crippen LogP contribution in [0.4, 0.5) is 16.2 Å². The van der Waals surface area contributed by atoms with Crippen LogP contribution in [-0.2, 0) is 22.6 Å². The number of carboxylic acids is 1. The van der Waals surface area contributed by atoms with Gasteiger partial charge in [-0.15, -0.1) is 0 Å². The molecule has 2 N–H and O–H groups in total. The molecule has 1 atom stereocenters. The molecule has 1 amide bonds. The third-order valence-electron chi connectivity index (χ3n) is 4.50. The van der Waals surface area contributed by atoms with Crippen molar-refractivity contribution in [2.45, 2.75) is 19.1 Å². The standard InChI is InChI=1S/C20H17N5O8/c26-19(27)16(22-20(28)33-11-13-4-2-1-3-5-13)8-14-10-23(12-21-14)17-7-6-15(24(29)30)9-18(17)25(31)32/h1-7,9-10,12,16H,8,11H2,(H,22,28)(H,26,27)/t16-/m1/s1. The zero-order chi connectivity index (χ0) is 24.0. The van der Waals surface area contributed by atoms with Crippen molar-refractivity contribution in [1.82, 2.24) is 14.9 Å². The first kappa shape index (κ1) is 22.9. The quantitative estimate of drug-likeness (QED) is 0.362. The highest BCUT2D eigenvalue weighted by molar-refractivity contribution is 5.80. The minimum atomic E-state index is -1.37. The number of nitro benzene ring substituents is 2. The lowest BCUT2D eigenvalue weighted by atomic mass is 10.1. The summed E-state index contributed by atoms with van der Waals surface area (Å²) in [5.41, 5.74) is -0.0340. The summed E-state index contributed by atoms with van der Waals surface area (Å²) < 4.78 is 6.26. The number of nitrogens with one attached hydrogen (secondary N) is 1. The van der Waals surface area contributed by atoms with Gasteiger partial charge in [0.15, 0.2) is 0 Å². The van der Waals surface area contributed by atoms with Crippen LogP contribution < -0.4 is 5.32 Å². The van der Waals surface area contributed by atoms with Crippen LogP contribution in [0.5, 0.6) is 0 Å².